The number of rotatable bonds is 5. The lowest BCUT2D eigenvalue weighted by atomic mass is 10.9. The lowest BCUT2D eigenvalue weighted by Crippen LogP contribution is -1.90. The smallest absolute Gasteiger partial charge is 0.0953 e. The minimum absolute atomic E-state index is 0.930. The molecule has 0 bridgehead atoms. The maximum atomic E-state index is 3.98. The summed E-state index contributed by atoms with van der Waals surface area (Å²) in [6.45, 7) is 0. The van der Waals surface area contributed by atoms with E-state index in [1.807, 2.05) is 34.2 Å². The zero-order valence-corrected chi connectivity index (χ0v) is 9.12. The van der Waals surface area contributed by atoms with E-state index in [4.69, 9.17) is 0 Å². The van der Waals surface area contributed by atoms with Crippen LogP contribution in [0.25, 0.3) is 0 Å². The van der Waals surface area contributed by atoms with E-state index >= 15 is 0 Å². The first-order valence-electron chi connectivity index (χ1n) is 4.11. The van der Waals surface area contributed by atoms with Crippen molar-refractivity contribution in [1.29, 1.82) is 0 Å². The molecule has 14 heavy (non-hydrogen) atoms. The largest absolute Gasteiger partial charge is 0.327 e. The van der Waals surface area contributed by atoms with Gasteiger partial charge in [0.15, 0.2) is 0 Å². The van der Waals surface area contributed by atoms with Crippen molar-refractivity contribution in [3.05, 3.63) is 37.4 Å². The third kappa shape index (κ3) is 2.81. The fourth-order valence-electron chi connectivity index (χ4n) is 0.922. The van der Waals surface area contributed by atoms with Crippen molar-refractivity contribution in [2.75, 3.05) is 0 Å². The van der Waals surface area contributed by atoms with E-state index in [-0.39, 0.29) is 0 Å². The Bertz CT molecular complexity index is 307. The molecule has 4 nitrogen and oxygen atoms in total. The highest BCUT2D eigenvalue weighted by Gasteiger charge is 1.93. The standard InChI is InChI=1S/C8H10N4S2/c1-3-11(5-9-1)7-13-14-8-12-4-2-10-6-12/h1-6H,7-8H2. The highest BCUT2D eigenvalue weighted by molar-refractivity contribution is 8.76. The summed E-state index contributed by atoms with van der Waals surface area (Å²) in [4.78, 5) is 7.95. The predicted molar refractivity (Wildman–Crippen MR) is 59.6 cm³/mol. The second kappa shape index (κ2) is 5.11. The quantitative estimate of drug-likeness (QED) is 0.577. The molecular weight excluding hydrogens is 216 g/mol. The summed E-state index contributed by atoms with van der Waals surface area (Å²) in [5, 5.41) is 0. The molecule has 0 saturated carbocycles. The molecule has 0 unspecified atom stereocenters. The van der Waals surface area contributed by atoms with Crippen LogP contribution >= 0.6 is 21.6 Å². The van der Waals surface area contributed by atoms with Crippen molar-refractivity contribution in [1.82, 2.24) is 19.1 Å². The van der Waals surface area contributed by atoms with Crippen LogP contribution < -0.4 is 0 Å². The molecule has 2 aromatic rings. The van der Waals surface area contributed by atoms with Crippen LogP contribution in [0.15, 0.2) is 37.4 Å². The second-order valence-corrected chi connectivity index (χ2v) is 5.05. The monoisotopic (exact) mass is 226 g/mol. The molecule has 0 amide bonds. The van der Waals surface area contributed by atoms with Crippen LogP contribution in [0.2, 0.25) is 0 Å². The first kappa shape index (κ1) is 9.67. The third-order valence-corrected chi connectivity index (χ3v) is 3.71. The topological polar surface area (TPSA) is 35.6 Å². The van der Waals surface area contributed by atoms with Crippen molar-refractivity contribution in [3.8, 4) is 0 Å². The summed E-state index contributed by atoms with van der Waals surface area (Å²) in [5.74, 6) is 1.86. The highest BCUT2D eigenvalue weighted by Crippen LogP contribution is 2.24. The Morgan fingerprint density at radius 2 is 1.36 bits per heavy atom. The van der Waals surface area contributed by atoms with Crippen LogP contribution in [-0.2, 0) is 11.8 Å². The molecule has 0 atom stereocenters. The molecule has 0 radical (unpaired) electrons. The van der Waals surface area contributed by atoms with Gasteiger partial charge in [0.05, 0.1) is 24.4 Å². The Balaban J connectivity index is 1.65. The summed E-state index contributed by atoms with van der Waals surface area (Å²) in [6, 6.07) is 0. The zero-order valence-electron chi connectivity index (χ0n) is 7.48. The van der Waals surface area contributed by atoms with Gasteiger partial charge < -0.3 is 9.13 Å². The molecule has 0 spiro atoms. The number of hydrogen-bond acceptors (Lipinski definition) is 4. The number of nitrogens with zero attached hydrogens (tertiary/aromatic N) is 4. The van der Waals surface area contributed by atoms with Crippen LogP contribution in [-0.4, -0.2) is 19.1 Å². The van der Waals surface area contributed by atoms with Crippen molar-refractivity contribution < 1.29 is 0 Å². The van der Waals surface area contributed by atoms with Crippen LogP contribution in [0.3, 0.4) is 0 Å². The van der Waals surface area contributed by atoms with Crippen LogP contribution in [0.4, 0.5) is 0 Å². The van der Waals surface area contributed by atoms with Gasteiger partial charge in [-0.25, -0.2) is 9.97 Å². The Morgan fingerprint density at radius 3 is 1.71 bits per heavy atom. The molecule has 2 heterocycles. The van der Waals surface area contributed by atoms with Gasteiger partial charge in [0.1, 0.15) is 0 Å². The van der Waals surface area contributed by atoms with Crippen LogP contribution in [0.5, 0.6) is 0 Å². The summed E-state index contributed by atoms with van der Waals surface area (Å²) in [7, 11) is 3.60. The Kier molecular flexibility index (Phi) is 3.53. The van der Waals surface area contributed by atoms with E-state index in [2.05, 4.69) is 9.97 Å². The minimum Gasteiger partial charge on any atom is -0.327 e. The third-order valence-electron chi connectivity index (χ3n) is 1.61. The van der Waals surface area contributed by atoms with Crippen molar-refractivity contribution >= 4 is 21.6 Å². The van der Waals surface area contributed by atoms with E-state index in [0.29, 0.717) is 0 Å². The van der Waals surface area contributed by atoms with Crippen LogP contribution in [0.1, 0.15) is 0 Å². The van der Waals surface area contributed by atoms with Gasteiger partial charge in [0, 0.05) is 24.8 Å². The molecule has 0 N–H and O–H groups in total. The fourth-order valence-corrected chi connectivity index (χ4v) is 2.80. The Labute approximate surface area is 90.1 Å². The first-order valence-corrected chi connectivity index (χ1v) is 6.60. The molecule has 0 aliphatic heterocycles. The molecule has 2 aromatic heterocycles. The lowest BCUT2D eigenvalue weighted by Gasteiger charge is -2.02. The lowest BCUT2D eigenvalue weighted by molar-refractivity contribution is 0.888. The summed E-state index contributed by atoms with van der Waals surface area (Å²) in [6.07, 6.45) is 11.2. The minimum atomic E-state index is 0.930. The van der Waals surface area contributed by atoms with Crippen LogP contribution in [0, 0.1) is 0 Å². The van der Waals surface area contributed by atoms with Crippen molar-refractivity contribution in [2.24, 2.45) is 0 Å². The molecule has 0 aliphatic rings. The summed E-state index contributed by atoms with van der Waals surface area (Å²) in [5.41, 5.74) is 0. The van der Waals surface area contributed by atoms with Gasteiger partial charge in [0.2, 0.25) is 0 Å². The van der Waals surface area contributed by atoms with E-state index in [1.54, 1.807) is 34.0 Å². The zero-order chi connectivity index (χ0) is 9.64. The Hall–Kier alpha value is -0.880. The maximum absolute atomic E-state index is 3.98. The van der Waals surface area contributed by atoms with E-state index in [0.717, 1.165) is 11.8 Å². The molecule has 2 rings (SSSR count). The van der Waals surface area contributed by atoms with Gasteiger partial charge in [-0.2, -0.15) is 0 Å². The average molecular weight is 226 g/mol. The molecule has 0 fully saturated rings. The SMILES string of the molecule is c1cn(CSSCn2ccnc2)cn1. The van der Waals surface area contributed by atoms with E-state index in [9.17, 15) is 0 Å². The van der Waals surface area contributed by atoms with Gasteiger partial charge in [-0.15, -0.1) is 0 Å². The molecule has 0 saturated heterocycles. The fraction of sp³-hybridized carbons (Fsp3) is 0.250. The molecular formula is C8H10N4S2. The normalized spacial score (nSPS) is 10.6. The van der Waals surface area contributed by atoms with E-state index < -0.39 is 0 Å². The van der Waals surface area contributed by atoms with Crippen molar-refractivity contribution in [3.63, 3.8) is 0 Å². The summed E-state index contributed by atoms with van der Waals surface area (Å²) >= 11 is 0. The Morgan fingerprint density at radius 1 is 0.857 bits per heavy atom. The van der Waals surface area contributed by atoms with Gasteiger partial charge in [-0.05, 0) is 0 Å². The number of hydrogen-bond donors (Lipinski definition) is 0. The first-order chi connectivity index (χ1) is 6.95. The van der Waals surface area contributed by atoms with E-state index in [1.165, 1.54) is 0 Å². The molecule has 6 heteroatoms. The van der Waals surface area contributed by atoms with Gasteiger partial charge in [0.25, 0.3) is 0 Å². The predicted octanol–water partition coefficient (Wildman–Crippen LogP) is 2.08. The summed E-state index contributed by atoms with van der Waals surface area (Å²) < 4.78 is 4.09. The maximum Gasteiger partial charge on any atom is 0.0953 e. The highest BCUT2D eigenvalue weighted by atomic mass is 33.1. The molecule has 0 aromatic carbocycles. The number of imidazole rings is 2. The van der Waals surface area contributed by atoms with Gasteiger partial charge in [-0.1, -0.05) is 21.6 Å². The van der Waals surface area contributed by atoms with Gasteiger partial charge >= 0.3 is 0 Å². The van der Waals surface area contributed by atoms with Crippen molar-refractivity contribution in [2.45, 2.75) is 11.8 Å². The molecule has 74 valence electrons. The molecule has 0 aliphatic carbocycles. The number of aromatic nitrogens is 4. The average Bonchev–Trinajstić information content (AvgIpc) is 2.86. The van der Waals surface area contributed by atoms with Gasteiger partial charge in [-0.3, -0.25) is 0 Å². The second-order valence-electron chi connectivity index (χ2n) is 2.65.